The summed E-state index contributed by atoms with van der Waals surface area (Å²) in [5.74, 6) is 1.89. The SMILES string of the molecule is O=C(Nc1cc(N2C[C@@H](O)C[C@@H]2c2cn3cc(C4CC4)ccc3n2)ncn1)C1CC1c1nccc(Cl)n1. The van der Waals surface area contributed by atoms with Gasteiger partial charge in [-0.3, -0.25) is 4.79 Å². The van der Waals surface area contributed by atoms with Crippen LogP contribution in [0.4, 0.5) is 11.6 Å². The second-order valence-electron chi connectivity index (χ2n) is 10.2. The Bertz CT molecular complexity index is 1500. The average Bonchev–Trinajstić information content (AvgIpc) is 3.81. The fraction of sp³-hybridized carbons (Fsp3) is 0.385. The minimum atomic E-state index is -0.505. The van der Waals surface area contributed by atoms with Gasteiger partial charge in [0.2, 0.25) is 5.91 Å². The van der Waals surface area contributed by atoms with Crippen molar-refractivity contribution in [3.8, 4) is 0 Å². The largest absolute Gasteiger partial charge is 0.391 e. The number of rotatable bonds is 6. The zero-order chi connectivity index (χ0) is 25.1. The number of nitrogens with one attached hydrogen (secondary N) is 1. The number of anilines is 2. The smallest absolute Gasteiger partial charge is 0.229 e. The minimum absolute atomic E-state index is 0.0476. The van der Waals surface area contributed by atoms with Crippen molar-refractivity contribution >= 4 is 34.8 Å². The zero-order valence-electron chi connectivity index (χ0n) is 19.9. The summed E-state index contributed by atoms with van der Waals surface area (Å²) in [5.41, 5.74) is 3.12. The lowest BCUT2D eigenvalue weighted by Gasteiger charge is -2.24. The number of β-amino-alcohol motifs (C(OH)–C–C–N with tert-alkyl or cyclic N) is 1. The molecule has 10 nitrogen and oxygen atoms in total. The summed E-state index contributed by atoms with van der Waals surface area (Å²) in [6, 6.07) is 7.45. The van der Waals surface area contributed by atoms with E-state index in [1.807, 2.05) is 11.1 Å². The monoisotopic (exact) mass is 516 g/mol. The highest BCUT2D eigenvalue weighted by atomic mass is 35.5. The van der Waals surface area contributed by atoms with Crippen molar-refractivity contribution in [1.82, 2.24) is 29.3 Å². The van der Waals surface area contributed by atoms with Gasteiger partial charge in [0, 0.05) is 49.5 Å². The van der Waals surface area contributed by atoms with Gasteiger partial charge in [-0.2, -0.15) is 0 Å². The van der Waals surface area contributed by atoms with Gasteiger partial charge >= 0.3 is 0 Å². The first-order chi connectivity index (χ1) is 18.0. The molecule has 0 bridgehead atoms. The van der Waals surface area contributed by atoms with Crippen LogP contribution in [-0.4, -0.2) is 53.0 Å². The Kier molecular flexibility index (Phi) is 5.33. The maximum absolute atomic E-state index is 12.9. The summed E-state index contributed by atoms with van der Waals surface area (Å²) >= 11 is 5.97. The van der Waals surface area contributed by atoms with Gasteiger partial charge in [-0.25, -0.2) is 24.9 Å². The van der Waals surface area contributed by atoms with Crippen LogP contribution in [0.25, 0.3) is 5.65 Å². The third-order valence-corrected chi connectivity index (χ3v) is 7.67. The maximum atomic E-state index is 12.9. The molecule has 0 spiro atoms. The van der Waals surface area contributed by atoms with E-state index in [0.717, 1.165) is 11.3 Å². The van der Waals surface area contributed by atoms with Crippen molar-refractivity contribution in [2.75, 3.05) is 16.8 Å². The van der Waals surface area contributed by atoms with E-state index < -0.39 is 6.10 Å². The highest BCUT2D eigenvalue weighted by Gasteiger charge is 2.46. The van der Waals surface area contributed by atoms with Crippen molar-refractivity contribution in [1.29, 1.82) is 0 Å². The highest BCUT2D eigenvalue weighted by Crippen LogP contribution is 2.47. The molecule has 1 aliphatic heterocycles. The van der Waals surface area contributed by atoms with Crippen LogP contribution in [-0.2, 0) is 4.79 Å². The number of halogens is 1. The molecular formula is C26H25ClN8O2. The summed E-state index contributed by atoms with van der Waals surface area (Å²) < 4.78 is 2.08. The van der Waals surface area contributed by atoms with Gasteiger partial charge in [0.15, 0.2) is 0 Å². The molecule has 3 aliphatic rings. The normalized spacial score (nSPS) is 25.0. The van der Waals surface area contributed by atoms with E-state index in [2.05, 4.69) is 48.0 Å². The second-order valence-corrected chi connectivity index (χ2v) is 10.5. The molecule has 2 N–H and O–H groups in total. The van der Waals surface area contributed by atoms with Gasteiger partial charge in [-0.05, 0) is 42.9 Å². The summed E-state index contributed by atoms with van der Waals surface area (Å²) in [6.07, 6.45) is 10.5. The van der Waals surface area contributed by atoms with Gasteiger partial charge in [0.25, 0.3) is 0 Å². The first-order valence-corrected chi connectivity index (χ1v) is 12.9. The number of fused-ring (bicyclic) bond motifs is 1. The van der Waals surface area contributed by atoms with E-state index in [1.54, 1.807) is 18.3 Å². The number of amides is 1. The van der Waals surface area contributed by atoms with Gasteiger partial charge in [0.05, 0.1) is 17.8 Å². The lowest BCUT2D eigenvalue weighted by atomic mass is 10.1. The third kappa shape index (κ3) is 4.40. The first-order valence-electron chi connectivity index (χ1n) is 12.6. The Morgan fingerprint density at radius 3 is 2.81 bits per heavy atom. The molecule has 4 aromatic rings. The van der Waals surface area contributed by atoms with E-state index in [-0.39, 0.29) is 23.8 Å². The van der Waals surface area contributed by atoms with E-state index >= 15 is 0 Å². The topological polar surface area (TPSA) is 121 Å². The van der Waals surface area contributed by atoms with Crippen molar-refractivity contribution < 1.29 is 9.90 Å². The quantitative estimate of drug-likeness (QED) is 0.373. The Labute approximate surface area is 217 Å². The van der Waals surface area contributed by atoms with E-state index in [0.29, 0.717) is 47.9 Å². The predicted octanol–water partition coefficient (Wildman–Crippen LogP) is 3.50. The van der Waals surface area contributed by atoms with Crippen LogP contribution < -0.4 is 10.2 Å². The molecule has 0 radical (unpaired) electrons. The lowest BCUT2D eigenvalue weighted by molar-refractivity contribution is -0.117. The van der Waals surface area contributed by atoms with Crippen LogP contribution in [0.1, 0.15) is 60.6 Å². The minimum Gasteiger partial charge on any atom is -0.391 e. The Morgan fingerprint density at radius 1 is 1.08 bits per heavy atom. The van der Waals surface area contributed by atoms with Crippen LogP contribution in [0, 0.1) is 5.92 Å². The number of hydrogen-bond donors (Lipinski definition) is 2. The Morgan fingerprint density at radius 2 is 1.97 bits per heavy atom. The van der Waals surface area contributed by atoms with Gasteiger partial charge < -0.3 is 19.7 Å². The highest BCUT2D eigenvalue weighted by molar-refractivity contribution is 6.29. The molecule has 4 atom stereocenters. The maximum Gasteiger partial charge on any atom is 0.229 e. The predicted molar refractivity (Wildman–Crippen MR) is 136 cm³/mol. The average molecular weight is 517 g/mol. The van der Waals surface area contributed by atoms with Crippen LogP contribution >= 0.6 is 11.6 Å². The van der Waals surface area contributed by atoms with E-state index in [1.165, 1.54) is 24.7 Å². The van der Waals surface area contributed by atoms with E-state index in [4.69, 9.17) is 16.6 Å². The van der Waals surface area contributed by atoms with Crippen molar-refractivity contribution in [3.63, 3.8) is 0 Å². The van der Waals surface area contributed by atoms with Crippen LogP contribution in [0.2, 0.25) is 5.15 Å². The number of nitrogens with zero attached hydrogens (tertiary/aromatic N) is 7. The molecule has 2 saturated carbocycles. The van der Waals surface area contributed by atoms with Gasteiger partial charge in [-0.1, -0.05) is 17.7 Å². The number of aliphatic hydroxyl groups is 1. The number of hydrogen-bond acceptors (Lipinski definition) is 8. The molecule has 3 fully saturated rings. The molecule has 2 unspecified atom stereocenters. The molecule has 188 valence electrons. The number of imidazole rings is 1. The molecule has 1 saturated heterocycles. The molecule has 5 heterocycles. The molecule has 7 rings (SSSR count). The van der Waals surface area contributed by atoms with Gasteiger partial charge in [0.1, 0.15) is 34.6 Å². The summed E-state index contributed by atoms with van der Waals surface area (Å²) in [7, 11) is 0. The second kappa shape index (κ2) is 8.74. The summed E-state index contributed by atoms with van der Waals surface area (Å²) in [5, 5.41) is 13.8. The standard InChI is InChI=1S/C26H25ClN8O2/c27-21-5-6-28-25(32-21)17-8-18(17)26(37)33-22-9-24(30-13-29-22)35-11-16(36)7-20(35)19-12-34-10-15(14-1-2-14)3-4-23(34)31-19/h3-6,9-10,12-14,16-18,20,36H,1-2,7-8,11H2,(H,29,30,33,37)/t16-,17?,18?,20+/m0/s1. The number of aliphatic hydroxyl groups excluding tert-OH is 1. The van der Waals surface area contributed by atoms with Gasteiger partial charge in [-0.15, -0.1) is 0 Å². The molecule has 4 aromatic heterocycles. The Hall–Kier alpha value is -3.63. The summed E-state index contributed by atoms with van der Waals surface area (Å²) in [4.78, 5) is 36.9. The molecule has 37 heavy (non-hydrogen) atoms. The van der Waals surface area contributed by atoms with Crippen molar-refractivity contribution in [2.24, 2.45) is 5.92 Å². The Balaban J connectivity index is 1.09. The summed E-state index contributed by atoms with van der Waals surface area (Å²) in [6.45, 7) is 0.424. The van der Waals surface area contributed by atoms with Crippen molar-refractivity contribution in [3.05, 3.63) is 71.4 Å². The number of aromatic nitrogens is 6. The molecular weight excluding hydrogens is 492 g/mol. The molecule has 1 amide bonds. The third-order valence-electron chi connectivity index (χ3n) is 7.46. The number of carbonyl (C=O) groups excluding carboxylic acids is 1. The zero-order valence-corrected chi connectivity index (χ0v) is 20.7. The lowest BCUT2D eigenvalue weighted by Crippen LogP contribution is -2.26. The fourth-order valence-electron chi connectivity index (χ4n) is 5.29. The molecule has 2 aliphatic carbocycles. The first kappa shape index (κ1) is 22.6. The molecule has 11 heteroatoms. The van der Waals surface area contributed by atoms with Crippen LogP contribution in [0.5, 0.6) is 0 Å². The van der Waals surface area contributed by atoms with Crippen LogP contribution in [0.3, 0.4) is 0 Å². The number of carbonyl (C=O) groups is 1. The molecule has 0 aromatic carbocycles. The number of pyridine rings is 1. The van der Waals surface area contributed by atoms with E-state index in [9.17, 15) is 9.90 Å². The van der Waals surface area contributed by atoms with Crippen LogP contribution in [0.15, 0.2) is 49.2 Å². The van der Waals surface area contributed by atoms with Crippen molar-refractivity contribution in [2.45, 2.75) is 49.7 Å². The fourth-order valence-corrected chi connectivity index (χ4v) is 5.43.